The van der Waals surface area contributed by atoms with Crippen LogP contribution in [-0.2, 0) is 10.9 Å². The second-order valence-electron chi connectivity index (χ2n) is 6.49. The van der Waals surface area contributed by atoms with E-state index in [1.165, 1.54) is 59.3 Å². The molecule has 1 fully saturated rings. The van der Waals surface area contributed by atoms with E-state index in [4.69, 9.17) is 4.74 Å². The van der Waals surface area contributed by atoms with Crippen molar-refractivity contribution in [1.82, 2.24) is 0 Å². The lowest BCUT2D eigenvalue weighted by Gasteiger charge is -2.22. The molecule has 0 N–H and O–H groups in total. The molecule has 0 spiro atoms. The molecule has 23 heavy (non-hydrogen) atoms. The summed E-state index contributed by atoms with van der Waals surface area (Å²) in [5.41, 5.74) is 0. The van der Waals surface area contributed by atoms with Gasteiger partial charge in [-0.2, -0.15) is 0 Å². The van der Waals surface area contributed by atoms with E-state index in [0.717, 1.165) is 18.3 Å². The Morgan fingerprint density at radius 3 is 2.30 bits per heavy atom. The van der Waals surface area contributed by atoms with Gasteiger partial charge in [0.1, 0.15) is 17.3 Å². The van der Waals surface area contributed by atoms with Gasteiger partial charge in [0.25, 0.3) is 0 Å². The third-order valence-electron chi connectivity index (χ3n) is 5.05. The topological polar surface area (TPSA) is 9.23 Å². The predicted molar refractivity (Wildman–Crippen MR) is 103 cm³/mol. The first-order valence-corrected chi connectivity index (χ1v) is 10.7. The Morgan fingerprint density at radius 2 is 1.61 bits per heavy atom. The highest BCUT2D eigenvalue weighted by molar-refractivity contribution is 7.97. The van der Waals surface area contributed by atoms with Crippen molar-refractivity contribution >= 4 is 21.7 Å². The van der Waals surface area contributed by atoms with Gasteiger partial charge in [0, 0.05) is 21.7 Å². The molecule has 2 heteroatoms. The molecule has 1 saturated carbocycles. The molecule has 1 aliphatic rings. The fourth-order valence-corrected chi connectivity index (χ4v) is 5.48. The van der Waals surface area contributed by atoms with Gasteiger partial charge >= 0.3 is 0 Å². The molecule has 124 valence electrons. The van der Waals surface area contributed by atoms with Crippen LogP contribution in [0.2, 0.25) is 0 Å². The molecule has 0 radical (unpaired) electrons. The van der Waals surface area contributed by atoms with Crippen molar-refractivity contribution in [2.45, 2.75) is 50.8 Å². The molecule has 0 heterocycles. The summed E-state index contributed by atoms with van der Waals surface area (Å²) >= 11 is 0. The summed E-state index contributed by atoms with van der Waals surface area (Å²) in [5, 5.41) is 2.68. The lowest BCUT2D eigenvalue weighted by molar-refractivity contribution is 0.210. The van der Waals surface area contributed by atoms with Crippen LogP contribution in [0.1, 0.15) is 46.0 Å². The van der Waals surface area contributed by atoms with E-state index >= 15 is 0 Å². The lowest BCUT2D eigenvalue weighted by Crippen LogP contribution is -2.15. The van der Waals surface area contributed by atoms with E-state index in [2.05, 4.69) is 50.2 Å². The Balaban J connectivity index is 1.85. The van der Waals surface area contributed by atoms with Crippen molar-refractivity contribution in [1.29, 1.82) is 0 Å². The monoisotopic (exact) mass is 329 g/mol. The number of ether oxygens (including phenoxy) is 1. The van der Waals surface area contributed by atoms with E-state index in [1.54, 1.807) is 0 Å². The average molecular weight is 330 g/mol. The molecule has 3 rings (SSSR count). The third-order valence-corrected chi connectivity index (χ3v) is 7.42. The van der Waals surface area contributed by atoms with Gasteiger partial charge < -0.3 is 4.74 Å². The summed E-state index contributed by atoms with van der Waals surface area (Å²) < 4.78 is 6.26. The standard InChI is InChI=1S/C21H29OS/c1-3-23(4-2)21-15-14-20(18-12-8-9-13-19(18)21)22-16-17-10-6-5-7-11-17/h8-9,12-15,17H,3-7,10-11,16H2,1-2H3/q+1. The maximum atomic E-state index is 6.26. The van der Waals surface area contributed by atoms with Crippen LogP contribution >= 0.6 is 0 Å². The van der Waals surface area contributed by atoms with Crippen molar-refractivity contribution in [3.8, 4) is 5.75 Å². The van der Waals surface area contributed by atoms with Crippen molar-refractivity contribution in [3.05, 3.63) is 36.4 Å². The van der Waals surface area contributed by atoms with Gasteiger partial charge in [-0.3, -0.25) is 0 Å². The van der Waals surface area contributed by atoms with Crippen LogP contribution in [0.5, 0.6) is 5.75 Å². The van der Waals surface area contributed by atoms with Gasteiger partial charge in [-0.05, 0) is 50.8 Å². The highest BCUT2D eigenvalue weighted by Gasteiger charge is 2.22. The largest absolute Gasteiger partial charge is 0.493 e. The first-order valence-electron chi connectivity index (χ1n) is 9.15. The maximum Gasteiger partial charge on any atom is 0.162 e. The van der Waals surface area contributed by atoms with Gasteiger partial charge in [-0.25, -0.2) is 0 Å². The van der Waals surface area contributed by atoms with Crippen LogP contribution in [0.4, 0.5) is 0 Å². The molecule has 1 aliphatic carbocycles. The van der Waals surface area contributed by atoms with Gasteiger partial charge in [0.05, 0.1) is 6.61 Å². The van der Waals surface area contributed by atoms with Crippen molar-refractivity contribution < 1.29 is 4.74 Å². The fourth-order valence-electron chi connectivity index (χ4n) is 3.70. The van der Waals surface area contributed by atoms with Crippen LogP contribution in [-0.4, -0.2) is 18.1 Å². The van der Waals surface area contributed by atoms with E-state index in [1.807, 2.05) is 0 Å². The minimum Gasteiger partial charge on any atom is -0.493 e. The van der Waals surface area contributed by atoms with E-state index in [-0.39, 0.29) is 0 Å². The highest BCUT2D eigenvalue weighted by Crippen LogP contribution is 2.33. The second kappa shape index (κ2) is 8.10. The molecule has 0 aliphatic heterocycles. The van der Waals surface area contributed by atoms with Crippen molar-refractivity contribution in [3.63, 3.8) is 0 Å². The Hall–Kier alpha value is -1.15. The highest BCUT2D eigenvalue weighted by atomic mass is 32.2. The zero-order chi connectivity index (χ0) is 16.1. The Morgan fingerprint density at radius 1 is 0.913 bits per heavy atom. The molecule has 0 bridgehead atoms. The summed E-state index contributed by atoms with van der Waals surface area (Å²) in [6.45, 7) is 5.49. The van der Waals surface area contributed by atoms with Crippen LogP contribution < -0.4 is 4.74 Å². The summed E-state index contributed by atoms with van der Waals surface area (Å²) in [4.78, 5) is 1.51. The smallest absolute Gasteiger partial charge is 0.162 e. The number of fused-ring (bicyclic) bond motifs is 1. The van der Waals surface area contributed by atoms with Crippen LogP contribution in [0, 0.1) is 5.92 Å². The third kappa shape index (κ3) is 3.85. The quantitative estimate of drug-likeness (QED) is 0.607. The van der Waals surface area contributed by atoms with E-state index in [9.17, 15) is 0 Å². The lowest BCUT2D eigenvalue weighted by atomic mass is 9.90. The minimum atomic E-state index is 0.352. The SMILES string of the molecule is CC[S+](CC)c1ccc(OCC2CCCCC2)c2ccccc12. The summed E-state index contributed by atoms with van der Waals surface area (Å²) in [6.07, 6.45) is 6.84. The van der Waals surface area contributed by atoms with Crippen LogP contribution in [0.25, 0.3) is 10.8 Å². The summed E-state index contributed by atoms with van der Waals surface area (Å²) in [5.74, 6) is 4.28. The van der Waals surface area contributed by atoms with Gasteiger partial charge in [0.2, 0.25) is 0 Å². The first-order chi connectivity index (χ1) is 11.3. The summed E-state index contributed by atoms with van der Waals surface area (Å²) in [6, 6.07) is 13.3. The molecular formula is C21H29OS+. The van der Waals surface area contributed by atoms with E-state index < -0.39 is 0 Å². The molecule has 0 unspecified atom stereocenters. The molecular weight excluding hydrogens is 300 g/mol. The zero-order valence-corrected chi connectivity index (χ0v) is 15.3. The molecule has 2 aromatic rings. The fraction of sp³-hybridized carbons (Fsp3) is 0.524. The maximum absolute atomic E-state index is 6.26. The normalized spacial score (nSPS) is 16.1. The van der Waals surface area contributed by atoms with Crippen molar-refractivity contribution in [2.75, 3.05) is 18.1 Å². The van der Waals surface area contributed by atoms with Gasteiger partial charge in [-0.15, -0.1) is 0 Å². The van der Waals surface area contributed by atoms with Crippen LogP contribution in [0.3, 0.4) is 0 Å². The van der Waals surface area contributed by atoms with E-state index in [0.29, 0.717) is 10.9 Å². The van der Waals surface area contributed by atoms with Gasteiger partial charge in [-0.1, -0.05) is 37.5 Å². The number of benzene rings is 2. The zero-order valence-electron chi connectivity index (χ0n) is 14.5. The summed E-state index contributed by atoms with van der Waals surface area (Å²) in [7, 11) is 0.352. The van der Waals surface area contributed by atoms with Crippen LogP contribution in [0.15, 0.2) is 41.3 Å². The number of hydrogen-bond donors (Lipinski definition) is 0. The van der Waals surface area contributed by atoms with Gasteiger partial charge in [0.15, 0.2) is 4.90 Å². The molecule has 2 aromatic carbocycles. The average Bonchev–Trinajstić information content (AvgIpc) is 2.62. The molecule has 0 saturated heterocycles. The van der Waals surface area contributed by atoms with Crippen molar-refractivity contribution in [2.24, 2.45) is 5.92 Å². The predicted octanol–water partition coefficient (Wildman–Crippen LogP) is 5.82. The Labute approximate surface area is 143 Å². The number of hydrogen-bond acceptors (Lipinski definition) is 1. The molecule has 0 amide bonds. The molecule has 1 nitrogen and oxygen atoms in total. The second-order valence-corrected chi connectivity index (χ2v) is 9.07. The molecule has 0 aromatic heterocycles. The minimum absolute atomic E-state index is 0.352. The Kier molecular flexibility index (Phi) is 5.88. The first kappa shape index (κ1) is 16.7. The molecule has 0 atom stereocenters. The Bertz CT molecular complexity index is 627. The number of rotatable bonds is 6.